The first kappa shape index (κ1) is 13.6. The fraction of sp³-hybridized carbons (Fsp3) is 0.727. The Labute approximate surface area is 98.4 Å². The zero-order valence-corrected chi connectivity index (χ0v) is 9.30. The van der Waals surface area contributed by atoms with E-state index in [0.29, 0.717) is 0 Å². The molecule has 6 heteroatoms. The molecule has 0 aliphatic heterocycles. The number of carboxylic acid groups (broad SMARTS) is 1. The molecule has 1 rings (SSSR count). The number of ketones is 1. The third kappa shape index (κ3) is 3.49. The SMILES string of the molecule is N#CC1CC(F)CC1C(=O)[C@@H](N)CCC(=O)O. The van der Waals surface area contributed by atoms with Gasteiger partial charge in [0.05, 0.1) is 18.0 Å². The molecule has 3 N–H and O–H groups in total. The summed E-state index contributed by atoms with van der Waals surface area (Å²) in [6.45, 7) is 0. The van der Waals surface area contributed by atoms with Crippen molar-refractivity contribution in [2.45, 2.75) is 37.9 Å². The predicted molar refractivity (Wildman–Crippen MR) is 56.6 cm³/mol. The summed E-state index contributed by atoms with van der Waals surface area (Å²) in [5, 5.41) is 17.3. The molecule has 0 radical (unpaired) electrons. The average molecular weight is 242 g/mol. The molecule has 0 aromatic carbocycles. The van der Waals surface area contributed by atoms with Gasteiger partial charge in [-0.05, 0) is 19.3 Å². The lowest BCUT2D eigenvalue weighted by atomic mass is 9.88. The van der Waals surface area contributed by atoms with Gasteiger partial charge in [0.15, 0.2) is 5.78 Å². The number of hydrogen-bond acceptors (Lipinski definition) is 4. The van der Waals surface area contributed by atoms with Crippen LogP contribution in [0.4, 0.5) is 4.39 Å². The second-order valence-corrected chi connectivity index (χ2v) is 4.35. The van der Waals surface area contributed by atoms with E-state index >= 15 is 0 Å². The highest BCUT2D eigenvalue weighted by atomic mass is 19.1. The number of carboxylic acids is 1. The van der Waals surface area contributed by atoms with Gasteiger partial charge in [0.2, 0.25) is 0 Å². The molecule has 1 fully saturated rings. The van der Waals surface area contributed by atoms with Gasteiger partial charge in [0, 0.05) is 12.3 Å². The van der Waals surface area contributed by atoms with Crippen LogP contribution >= 0.6 is 0 Å². The summed E-state index contributed by atoms with van der Waals surface area (Å²) in [7, 11) is 0. The lowest BCUT2D eigenvalue weighted by Gasteiger charge is -2.16. The van der Waals surface area contributed by atoms with Gasteiger partial charge in [-0.2, -0.15) is 5.26 Å². The highest BCUT2D eigenvalue weighted by Crippen LogP contribution is 2.34. The van der Waals surface area contributed by atoms with Gasteiger partial charge in [0.25, 0.3) is 0 Å². The zero-order chi connectivity index (χ0) is 13.0. The van der Waals surface area contributed by atoms with Crippen LogP contribution in [0.2, 0.25) is 0 Å². The molecule has 1 aliphatic carbocycles. The van der Waals surface area contributed by atoms with Crippen molar-refractivity contribution in [1.29, 1.82) is 5.26 Å². The molecule has 1 saturated carbocycles. The van der Waals surface area contributed by atoms with Crippen molar-refractivity contribution < 1.29 is 19.1 Å². The Kier molecular flexibility index (Phi) is 4.58. The van der Waals surface area contributed by atoms with E-state index in [0.717, 1.165) is 0 Å². The molecule has 0 saturated heterocycles. The topological polar surface area (TPSA) is 104 Å². The Balaban J connectivity index is 2.57. The van der Waals surface area contributed by atoms with Crippen LogP contribution in [-0.2, 0) is 9.59 Å². The Morgan fingerprint density at radius 1 is 1.53 bits per heavy atom. The second-order valence-electron chi connectivity index (χ2n) is 4.35. The Morgan fingerprint density at radius 2 is 2.18 bits per heavy atom. The minimum atomic E-state index is -1.14. The molecule has 1 aliphatic rings. The number of halogens is 1. The fourth-order valence-electron chi connectivity index (χ4n) is 2.13. The summed E-state index contributed by atoms with van der Waals surface area (Å²) in [6, 6.07) is 0.993. The second kappa shape index (κ2) is 5.73. The summed E-state index contributed by atoms with van der Waals surface area (Å²) >= 11 is 0. The summed E-state index contributed by atoms with van der Waals surface area (Å²) in [6.07, 6.45) is -1.22. The van der Waals surface area contributed by atoms with Crippen molar-refractivity contribution in [2.75, 3.05) is 0 Å². The van der Waals surface area contributed by atoms with E-state index in [1.807, 2.05) is 6.07 Å². The number of nitrogens with zero attached hydrogens (tertiary/aromatic N) is 1. The van der Waals surface area contributed by atoms with E-state index in [1.165, 1.54) is 0 Å². The lowest BCUT2D eigenvalue weighted by molar-refractivity contribution is -0.137. The monoisotopic (exact) mass is 242 g/mol. The molecule has 0 aromatic rings. The van der Waals surface area contributed by atoms with Gasteiger partial charge < -0.3 is 10.8 Å². The van der Waals surface area contributed by atoms with E-state index in [1.54, 1.807) is 0 Å². The van der Waals surface area contributed by atoms with Crippen LogP contribution in [0, 0.1) is 23.2 Å². The quantitative estimate of drug-likeness (QED) is 0.736. The van der Waals surface area contributed by atoms with Crippen LogP contribution in [0.3, 0.4) is 0 Å². The molecule has 94 valence electrons. The van der Waals surface area contributed by atoms with Gasteiger partial charge in [-0.3, -0.25) is 9.59 Å². The number of Topliss-reactive ketones (excluding diaryl/α,β-unsaturated/α-hetero) is 1. The van der Waals surface area contributed by atoms with Crippen LogP contribution < -0.4 is 5.73 Å². The maximum atomic E-state index is 13.1. The number of nitrogens with two attached hydrogens (primary N) is 1. The maximum Gasteiger partial charge on any atom is 0.303 e. The normalized spacial score (nSPS) is 29.6. The van der Waals surface area contributed by atoms with E-state index in [-0.39, 0.29) is 25.7 Å². The smallest absolute Gasteiger partial charge is 0.303 e. The molecular weight excluding hydrogens is 227 g/mol. The third-order valence-corrected chi connectivity index (χ3v) is 3.07. The van der Waals surface area contributed by atoms with Crippen molar-refractivity contribution >= 4 is 11.8 Å². The molecule has 0 bridgehead atoms. The third-order valence-electron chi connectivity index (χ3n) is 3.07. The summed E-state index contributed by atoms with van der Waals surface area (Å²) in [5.41, 5.74) is 5.56. The summed E-state index contributed by atoms with van der Waals surface area (Å²) in [4.78, 5) is 22.2. The summed E-state index contributed by atoms with van der Waals surface area (Å²) < 4.78 is 13.1. The average Bonchev–Trinajstić information content (AvgIpc) is 2.66. The van der Waals surface area contributed by atoms with Crippen LogP contribution in [0.15, 0.2) is 0 Å². The Bertz CT molecular complexity index is 353. The van der Waals surface area contributed by atoms with E-state index in [2.05, 4.69) is 0 Å². The first-order valence-electron chi connectivity index (χ1n) is 5.50. The molecule has 0 spiro atoms. The number of carbonyl (C=O) groups is 2. The van der Waals surface area contributed by atoms with Crippen LogP contribution in [0.5, 0.6) is 0 Å². The standard InChI is InChI=1S/C11H15FN2O3/c12-7-3-6(5-13)8(4-7)11(17)9(14)1-2-10(15)16/h6-9H,1-4,14H2,(H,15,16)/t6?,7?,8?,9-/m0/s1. The highest BCUT2D eigenvalue weighted by Gasteiger charge is 2.40. The van der Waals surface area contributed by atoms with Crippen LogP contribution in [0.1, 0.15) is 25.7 Å². The minimum absolute atomic E-state index is 0.0256. The Hall–Kier alpha value is -1.48. The van der Waals surface area contributed by atoms with Crippen LogP contribution in [-0.4, -0.2) is 29.1 Å². The van der Waals surface area contributed by atoms with Gasteiger partial charge in [0.1, 0.15) is 6.17 Å². The van der Waals surface area contributed by atoms with E-state index < -0.39 is 35.8 Å². The molecule has 5 nitrogen and oxygen atoms in total. The van der Waals surface area contributed by atoms with Crippen molar-refractivity contribution in [3.05, 3.63) is 0 Å². The molecular formula is C11H15FN2O3. The largest absolute Gasteiger partial charge is 0.481 e. The number of aliphatic carboxylic acids is 1. The molecule has 3 unspecified atom stereocenters. The molecule has 0 aromatic heterocycles. The van der Waals surface area contributed by atoms with E-state index in [9.17, 15) is 14.0 Å². The Morgan fingerprint density at radius 3 is 2.71 bits per heavy atom. The molecule has 4 atom stereocenters. The van der Waals surface area contributed by atoms with Gasteiger partial charge >= 0.3 is 5.97 Å². The fourth-order valence-corrected chi connectivity index (χ4v) is 2.13. The highest BCUT2D eigenvalue weighted by molar-refractivity contribution is 5.87. The molecule has 0 amide bonds. The van der Waals surface area contributed by atoms with Gasteiger partial charge in [-0.15, -0.1) is 0 Å². The van der Waals surface area contributed by atoms with Crippen molar-refractivity contribution in [3.63, 3.8) is 0 Å². The summed E-state index contributed by atoms with van der Waals surface area (Å²) in [5.74, 6) is -2.73. The molecule has 0 heterocycles. The number of carbonyl (C=O) groups excluding carboxylic acids is 1. The van der Waals surface area contributed by atoms with Crippen molar-refractivity contribution in [2.24, 2.45) is 17.6 Å². The number of rotatable bonds is 5. The number of nitriles is 1. The van der Waals surface area contributed by atoms with Crippen molar-refractivity contribution in [1.82, 2.24) is 0 Å². The maximum absolute atomic E-state index is 13.1. The minimum Gasteiger partial charge on any atom is -0.481 e. The van der Waals surface area contributed by atoms with Gasteiger partial charge in [-0.25, -0.2) is 4.39 Å². The number of alkyl halides is 1. The predicted octanol–water partition coefficient (Wildman–Crippen LogP) is 0.635. The first-order chi connectivity index (χ1) is 7.95. The first-order valence-corrected chi connectivity index (χ1v) is 5.50. The lowest BCUT2D eigenvalue weighted by Crippen LogP contribution is -2.37. The van der Waals surface area contributed by atoms with E-state index in [4.69, 9.17) is 16.1 Å². The van der Waals surface area contributed by atoms with Crippen molar-refractivity contribution in [3.8, 4) is 6.07 Å². The number of hydrogen-bond donors (Lipinski definition) is 2. The van der Waals surface area contributed by atoms with Gasteiger partial charge in [-0.1, -0.05) is 0 Å². The zero-order valence-electron chi connectivity index (χ0n) is 9.30. The van der Waals surface area contributed by atoms with Crippen LogP contribution in [0.25, 0.3) is 0 Å². The molecule has 17 heavy (non-hydrogen) atoms.